The van der Waals surface area contributed by atoms with Gasteiger partial charge in [-0.2, -0.15) is 0 Å². The predicted molar refractivity (Wildman–Crippen MR) is 121 cm³/mol. The third kappa shape index (κ3) is 5.24. The molecule has 1 saturated carbocycles. The molecule has 6 heteroatoms. The molecular formula is C25H31N3O3. The lowest BCUT2D eigenvalue weighted by atomic mass is 9.93. The molecule has 4 rings (SSSR count). The number of pyridine rings is 1. The zero-order chi connectivity index (χ0) is 21.6. The molecule has 0 radical (unpaired) electrons. The molecule has 1 amide bonds. The number of aromatic nitrogens is 1. The van der Waals surface area contributed by atoms with Gasteiger partial charge in [0.1, 0.15) is 5.82 Å². The van der Waals surface area contributed by atoms with Gasteiger partial charge in [-0.25, -0.2) is 4.98 Å². The quantitative estimate of drug-likeness (QED) is 0.753. The Morgan fingerprint density at radius 2 is 1.71 bits per heavy atom. The first kappa shape index (κ1) is 21.3. The number of carbonyl (C=O) groups excluding carboxylic acids is 1. The number of benzene rings is 1. The van der Waals surface area contributed by atoms with Crippen molar-refractivity contribution >= 4 is 23.4 Å². The number of carbonyl (C=O) groups is 2. The van der Waals surface area contributed by atoms with E-state index in [2.05, 4.69) is 9.88 Å². The summed E-state index contributed by atoms with van der Waals surface area (Å²) in [6, 6.07) is 14.2. The molecule has 0 unspecified atom stereocenters. The second-order valence-electron chi connectivity index (χ2n) is 8.69. The van der Waals surface area contributed by atoms with Crippen molar-refractivity contribution in [2.75, 3.05) is 22.9 Å². The maximum absolute atomic E-state index is 13.4. The molecule has 2 fully saturated rings. The number of amides is 1. The van der Waals surface area contributed by atoms with Gasteiger partial charge >= 0.3 is 5.97 Å². The van der Waals surface area contributed by atoms with Gasteiger partial charge in [0.2, 0.25) is 5.91 Å². The summed E-state index contributed by atoms with van der Waals surface area (Å²) in [5.74, 6) is -0.0236. The molecule has 0 atom stereocenters. The van der Waals surface area contributed by atoms with Crippen LogP contribution in [-0.2, 0) is 16.0 Å². The second kappa shape index (κ2) is 9.94. The molecule has 1 aromatic heterocycles. The molecule has 1 aliphatic heterocycles. The van der Waals surface area contributed by atoms with E-state index in [1.165, 1.54) is 19.3 Å². The van der Waals surface area contributed by atoms with Gasteiger partial charge in [-0.05, 0) is 55.5 Å². The summed E-state index contributed by atoms with van der Waals surface area (Å²) in [6.45, 7) is 1.36. The minimum Gasteiger partial charge on any atom is -0.481 e. The lowest BCUT2D eigenvalue weighted by Crippen LogP contribution is -2.42. The summed E-state index contributed by atoms with van der Waals surface area (Å²) in [4.78, 5) is 33.3. The number of rotatable bonds is 6. The summed E-state index contributed by atoms with van der Waals surface area (Å²) in [5, 5.41) is 9.22. The highest BCUT2D eigenvalue weighted by molar-refractivity contribution is 5.95. The fourth-order valence-electron chi connectivity index (χ4n) is 4.85. The Kier molecular flexibility index (Phi) is 6.85. The number of para-hydroxylation sites is 1. The van der Waals surface area contributed by atoms with Crippen LogP contribution in [-0.4, -0.2) is 41.1 Å². The first-order valence-electron chi connectivity index (χ1n) is 11.4. The molecule has 2 aliphatic rings. The zero-order valence-electron chi connectivity index (χ0n) is 17.9. The highest BCUT2D eigenvalue weighted by atomic mass is 16.4. The number of hydrogen-bond donors (Lipinski definition) is 1. The van der Waals surface area contributed by atoms with Crippen molar-refractivity contribution in [2.45, 2.75) is 57.4 Å². The fraction of sp³-hybridized carbons (Fsp3) is 0.480. The highest BCUT2D eigenvalue weighted by Gasteiger charge is 2.28. The van der Waals surface area contributed by atoms with Crippen molar-refractivity contribution < 1.29 is 14.7 Å². The number of nitrogens with zero attached hydrogens (tertiary/aromatic N) is 3. The molecule has 31 heavy (non-hydrogen) atoms. The van der Waals surface area contributed by atoms with Crippen molar-refractivity contribution in [3.05, 3.63) is 54.2 Å². The molecule has 164 valence electrons. The number of carboxylic acids is 1. The van der Waals surface area contributed by atoms with Gasteiger partial charge in [0, 0.05) is 31.0 Å². The van der Waals surface area contributed by atoms with Crippen LogP contribution in [0.2, 0.25) is 0 Å². The third-order valence-corrected chi connectivity index (χ3v) is 6.58. The predicted octanol–water partition coefficient (Wildman–Crippen LogP) is 4.29. The van der Waals surface area contributed by atoms with Crippen molar-refractivity contribution in [1.29, 1.82) is 0 Å². The molecule has 2 heterocycles. The summed E-state index contributed by atoms with van der Waals surface area (Å²) < 4.78 is 0. The van der Waals surface area contributed by atoms with Gasteiger partial charge in [-0.1, -0.05) is 37.5 Å². The first-order valence-corrected chi connectivity index (χ1v) is 11.4. The van der Waals surface area contributed by atoms with E-state index in [-0.39, 0.29) is 17.9 Å². The van der Waals surface area contributed by atoms with Gasteiger partial charge in [0.25, 0.3) is 0 Å². The number of aliphatic carboxylic acids is 1. The number of anilines is 2. The largest absolute Gasteiger partial charge is 0.481 e. The van der Waals surface area contributed by atoms with E-state index in [9.17, 15) is 14.7 Å². The Bertz CT molecular complexity index is 888. The van der Waals surface area contributed by atoms with E-state index in [4.69, 9.17) is 0 Å². The van der Waals surface area contributed by atoms with Crippen LogP contribution in [0.4, 0.5) is 11.5 Å². The SMILES string of the molecule is O=C(O)C1CCN(c2cc(CC(=O)N(c3ccccc3)C3CCCCC3)ccn2)CC1. The summed E-state index contributed by atoms with van der Waals surface area (Å²) in [7, 11) is 0. The van der Waals surface area contributed by atoms with Gasteiger partial charge in [-0.15, -0.1) is 0 Å². The third-order valence-electron chi connectivity index (χ3n) is 6.58. The number of piperidine rings is 1. The van der Waals surface area contributed by atoms with Crippen molar-refractivity contribution in [3.63, 3.8) is 0 Å². The van der Waals surface area contributed by atoms with Crippen LogP contribution in [0.3, 0.4) is 0 Å². The molecule has 1 aliphatic carbocycles. The maximum atomic E-state index is 13.4. The zero-order valence-corrected chi connectivity index (χ0v) is 17.9. The standard InChI is InChI=1S/C25H31N3O3/c29-24(28(21-7-3-1-4-8-21)22-9-5-2-6-10-22)18-19-11-14-26-23(17-19)27-15-12-20(13-16-27)25(30)31/h1,3-4,7-8,11,14,17,20,22H,2,5-6,9-10,12-13,15-16,18H2,(H,30,31). The number of hydrogen-bond acceptors (Lipinski definition) is 4. The lowest BCUT2D eigenvalue weighted by Gasteiger charge is -2.35. The molecule has 6 nitrogen and oxygen atoms in total. The van der Waals surface area contributed by atoms with E-state index in [0.29, 0.717) is 32.4 Å². The Morgan fingerprint density at radius 3 is 2.39 bits per heavy atom. The van der Waals surface area contributed by atoms with Crippen LogP contribution >= 0.6 is 0 Å². The Labute approximate surface area is 183 Å². The van der Waals surface area contributed by atoms with Gasteiger partial charge in [0.15, 0.2) is 0 Å². The minimum absolute atomic E-state index is 0.125. The summed E-state index contributed by atoms with van der Waals surface area (Å²) in [5.41, 5.74) is 1.93. The van der Waals surface area contributed by atoms with Crippen molar-refractivity contribution in [2.24, 2.45) is 5.92 Å². The van der Waals surface area contributed by atoms with E-state index in [1.54, 1.807) is 6.20 Å². The Balaban J connectivity index is 1.48. The first-order chi connectivity index (χ1) is 15.1. The molecule has 2 aromatic rings. The lowest BCUT2D eigenvalue weighted by molar-refractivity contribution is -0.142. The monoisotopic (exact) mass is 421 g/mol. The average Bonchev–Trinajstić information content (AvgIpc) is 2.81. The Hall–Kier alpha value is -2.89. The average molecular weight is 422 g/mol. The smallest absolute Gasteiger partial charge is 0.306 e. The van der Waals surface area contributed by atoms with Gasteiger partial charge in [-0.3, -0.25) is 9.59 Å². The maximum Gasteiger partial charge on any atom is 0.306 e. The van der Waals surface area contributed by atoms with Crippen LogP contribution in [0, 0.1) is 5.92 Å². The van der Waals surface area contributed by atoms with Crippen LogP contribution in [0.25, 0.3) is 0 Å². The highest BCUT2D eigenvalue weighted by Crippen LogP contribution is 2.29. The molecule has 0 bridgehead atoms. The van der Waals surface area contributed by atoms with Crippen LogP contribution < -0.4 is 9.80 Å². The molecule has 1 aromatic carbocycles. The van der Waals surface area contributed by atoms with Crippen LogP contribution in [0.5, 0.6) is 0 Å². The van der Waals surface area contributed by atoms with E-state index in [1.807, 2.05) is 47.4 Å². The minimum atomic E-state index is -0.712. The summed E-state index contributed by atoms with van der Waals surface area (Å²) in [6.07, 6.45) is 9.07. The molecule has 1 saturated heterocycles. The molecule has 1 N–H and O–H groups in total. The van der Waals surface area contributed by atoms with Gasteiger partial charge in [0.05, 0.1) is 12.3 Å². The van der Waals surface area contributed by atoms with E-state index >= 15 is 0 Å². The number of carboxylic acid groups (broad SMARTS) is 1. The fourth-order valence-corrected chi connectivity index (χ4v) is 4.85. The van der Waals surface area contributed by atoms with Crippen molar-refractivity contribution in [3.8, 4) is 0 Å². The van der Waals surface area contributed by atoms with E-state index in [0.717, 1.165) is 29.9 Å². The van der Waals surface area contributed by atoms with Crippen LogP contribution in [0.15, 0.2) is 48.7 Å². The second-order valence-corrected chi connectivity index (χ2v) is 8.69. The normalized spacial score (nSPS) is 18.0. The van der Waals surface area contributed by atoms with Crippen molar-refractivity contribution in [1.82, 2.24) is 4.98 Å². The Morgan fingerprint density at radius 1 is 1.00 bits per heavy atom. The van der Waals surface area contributed by atoms with Gasteiger partial charge < -0.3 is 14.9 Å². The van der Waals surface area contributed by atoms with Crippen LogP contribution in [0.1, 0.15) is 50.5 Å². The molecular weight excluding hydrogens is 390 g/mol. The topological polar surface area (TPSA) is 73.7 Å². The van der Waals surface area contributed by atoms with E-state index < -0.39 is 5.97 Å². The molecule has 0 spiro atoms. The summed E-state index contributed by atoms with van der Waals surface area (Å²) >= 11 is 0.